The van der Waals surface area contributed by atoms with Gasteiger partial charge >= 0.3 is 6.09 Å². The summed E-state index contributed by atoms with van der Waals surface area (Å²) in [5.41, 5.74) is -0.619. The van der Waals surface area contributed by atoms with Gasteiger partial charge in [-0.05, 0) is 47.0 Å². The summed E-state index contributed by atoms with van der Waals surface area (Å²) in [5, 5.41) is 19.5. The molecule has 0 radical (unpaired) electrons. The molecule has 7 nitrogen and oxygen atoms in total. The second-order valence-corrected chi connectivity index (χ2v) is 8.32. The van der Waals surface area contributed by atoms with Gasteiger partial charge < -0.3 is 25.8 Å². The topological polar surface area (TPSA) is 95.0 Å². The molecule has 0 bridgehead atoms. The zero-order valence-corrected chi connectivity index (χ0v) is 17.2. The van der Waals surface area contributed by atoms with E-state index < -0.39 is 11.7 Å². The van der Waals surface area contributed by atoms with Crippen molar-refractivity contribution in [2.75, 3.05) is 26.2 Å². The van der Waals surface area contributed by atoms with Gasteiger partial charge in [0, 0.05) is 25.0 Å². The van der Waals surface area contributed by atoms with Crippen LogP contribution in [0.3, 0.4) is 0 Å². The second-order valence-electron chi connectivity index (χ2n) is 8.32. The molecule has 1 aliphatic carbocycles. The van der Waals surface area contributed by atoms with Gasteiger partial charge in [0.1, 0.15) is 5.60 Å². The highest BCUT2D eigenvalue weighted by atomic mass is 16.6. The van der Waals surface area contributed by atoms with Crippen LogP contribution in [0, 0.1) is 5.41 Å². The molecule has 4 N–H and O–H groups in total. The maximum absolute atomic E-state index is 11.6. The van der Waals surface area contributed by atoms with E-state index in [9.17, 15) is 9.90 Å². The molecule has 0 spiro atoms. The van der Waals surface area contributed by atoms with E-state index in [0.29, 0.717) is 19.6 Å². The van der Waals surface area contributed by atoms with Gasteiger partial charge in [-0.25, -0.2) is 4.79 Å². The number of ether oxygens (including phenoxy) is 1. The van der Waals surface area contributed by atoms with Crippen LogP contribution in [0.2, 0.25) is 0 Å². The number of rotatable bonds is 7. The Labute approximate surface area is 158 Å². The van der Waals surface area contributed by atoms with Crippen molar-refractivity contribution >= 4 is 12.1 Å². The van der Waals surface area contributed by atoms with Gasteiger partial charge in [-0.2, -0.15) is 0 Å². The number of hydrogen-bond acceptors (Lipinski definition) is 4. The molecule has 2 atom stereocenters. The molecule has 0 heterocycles. The first-order valence-electron chi connectivity index (χ1n) is 9.83. The largest absolute Gasteiger partial charge is 0.444 e. The van der Waals surface area contributed by atoms with Crippen molar-refractivity contribution in [3.8, 4) is 0 Å². The fourth-order valence-electron chi connectivity index (χ4n) is 2.97. The van der Waals surface area contributed by atoms with E-state index >= 15 is 0 Å². The number of guanidine groups is 1. The average Bonchev–Trinajstić information content (AvgIpc) is 2.53. The molecular weight excluding hydrogens is 332 g/mol. The number of aliphatic hydroxyl groups is 1. The molecule has 152 valence electrons. The zero-order chi connectivity index (χ0) is 19.6. The first-order valence-corrected chi connectivity index (χ1v) is 9.83. The minimum atomic E-state index is -0.479. The molecule has 0 aromatic rings. The Morgan fingerprint density at radius 3 is 2.54 bits per heavy atom. The number of carbonyl (C=O) groups is 1. The van der Waals surface area contributed by atoms with E-state index in [1.54, 1.807) is 0 Å². The number of alkyl carbamates (subject to hydrolysis) is 1. The zero-order valence-electron chi connectivity index (χ0n) is 17.2. The second kappa shape index (κ2) is 10.6. The van der Waals surface area contributed by atoms with Gasteiger partial charge in [0.05, 0.1) is 12.6 Å². The summed E-state index contributed by atoms with van der Waals surface area (Å²) in [7, 11) is 0. The summed E-state index contributed by atoms with van der Waals surface area (Å²) < 4.78 is 5.20. The third-order valence-corrected chi connectivity index (χ3v) is 4.54. The van der Waals surface area contributed by atoms with E-state index in [4.69, 9.17) is 4.74 Å². The molecule has 7 heteroatoms. The fourth-order valence-corrected chi connectivity index (χ4v) is 2.97. The lowest BCUT2D eigenvalue weighted by molar-refractivity contribution is 0.00716. The van der Waals surface area contributed by atoms with Crippen molar-refractivity contribution in [2.45, 2.75) is 78.4 Å². The number of aliphatic imine (C=N–C) groups is 1. The summed E-state index contributed by atoms with van der Waals surface area (Å²) in [5.74, 6) is 0.753. The minimum absolute atomic E-state index is 0.140. The maximum Gasteiger partial charge on any atom is 0.407 e. The SMILES string of the molecule is CCNC(=NCC1(C)CCCCC1O)NCCCNC(=O)OC(C)(C)C. The standard InChI is InChI=1S/C19H38N4O3/c1-6-20-16(23-14-19(5)11-8-7-10-15(19)24)21-12-9-13-22-17(25)26-18(2,3)4/h15,24H,6-14H2,1-5H3,(H,22,25)(H2,20,21,23). The van der Waals surface area contributed by atoms with Crippen molar-refractivity contribution in [2.24, 2.45) is 10.4 Å². The number of carbonyl (C=O) groups excluding carboxylic acids is 1. The maximum atomic E-state index is 11.6. The molecule has 0 aromatic carbocycles. The predicted molar refractivity (Wildman–Crippen MR) is 105 cm³/mol. The molecule has 1 fully saturated rings. The van der Waals surface area contributed by atoms with Crippen LogP contribution in [0.5, 0.6) is 0 Å². The van der Waals surface area contributed by atoms with Crippen LogP contribution < -0.4 is 16.0 Å². The van der Waals surface area contributed by atoms with Gasteiger partial charge in [-0.1, -0.05) is 19.8 Å². The van der Waals surface area contributed by atoms with E-state index in [-0.39, 0.29) is 11.5 Å². The summed E-state index contributed by atoms with van der Waals surface area (Å²) in [6.45, 7) is 12.3. The first kappa shape index (κ1) is 22.5. The molecule has 1 amide bonds. The van der Waals surface area contributed by atoms with Gasteiger partial charge in [-0.15, -0.1) is 0 Å². The van der Waals surface area contributed by atoms with Crippen molar-refractivity contribution in [1.29, 1.82) is 0 Å². The Morgan fingerprint density at radius 1 is 1.23 bits per heavy atom. The summed E-state index contributed by atoms with van der Waals surface area (Å²) >= 11 is 0. The Bertz CT molecular complexity index is 462. The predicted octanol–water partition coefficient (Wildman–Crippen LogP) is 2.40. The molecular formula is C19H38N4O3. The number of hydrogen-bond donors (Lipinski definition) is 4. The molecule has 0 aliphatic heterocycles. The monoisotopic (exact) mass is 370 g/mol. The first-order chi connectivity index (χ1) is 12.2. The number of aliphatic hydroxyl groups excluding tert-OH is 1. The normalized spacial score (nSPS) is 24.1. The van der Waals surface area contributed by atoms with E-state index in [2.05, 4.69) is 27.9 Å². The molecule has 2 unspecified atom stereocenters. The molecule has 1 rings (SSSR count). The van der Waals surface area contributed by atoms with Crippen LogP contribution >= 0.6 is 0 Å². The number of nitrogens with one attached hydrogen (secondary N) is 3. The van der Waals surface area contributed by atoms with Gasteiger partial charge in [-0.3, -0.25) is 4.99 Å². The van der Waals surface area contributed by atoms with E-state index in [1.807, 2.05) is 27.7 Å². The van der Waals surface area contributed by atoms with Gasteiger partial charge in [0.15, 0.2) is 5.96 Å². The van der Waals surface area contributed by atoms with E-state index in [0.717, 1.165) is 44.6 Å². The smallest absolute Gasteiger partial charge is 0.407 e. The highest BCUT2D eigenvalue weighted by Gasteiger charge is 2.35. The van der Waals surface area contributed by atoms with Crippen molar-refractivity contribution < 1.29 is 14.6 Å². The highest BCUT2D eigenvalue weighted by molar-refractivity contribution is 5.79. The van der Waals surface area contributed by atoms with Crippen LogP contribution in [0.15, 0.2) is 4.99 Å². The Balaban J connectivity index is 2.35. The van der Waals surface area contributed by atoms with Crippen LogP contribution in [0.4, 0.5) is 4.79 Å². The molecule has 1 aliphatic rings. The lowest BCUT2D eigenvalue weighted by Crippen LogP contribution is -2.42. The number of nitrogens with zero attached hydrogens (tertiary/aromatic N) is 1. The summed E-state index contributed by atoms with van der Waals surface area (Å²) in [6, 6.07) is 0. The van der Waals surface area contributed by atoms with Crippen molar-refractivity contribution in [3.63, 3.8) is 0 Å². The Hall–Kier alpha value is -1.50. The minimum Gasteiger partial charge on any atom is -0.444 e. The quantitative estimate of drug-likeness (QED) is 0.314. The Kier molecular flexibility index (Phi) is 9.19. The molecule has 0 aromatic heterocycles. The van der Waals surface area contributed by atoms with Crippen LogP contribution in [-0.4, -0.2) is 55.0 Å². The van der Waals surface area contributed by atoms with Crippen LogP contribution in [0.25, 0.3) is 0 Å². The lowest BCUT2D eigenvalue weighted by atomic mass is 9.73. The number of amides is 1. The Morgan fingerprint density at radius 2 is 1.92 bits per heavy atom. The van der Waals surface area contributed by atoms with Crippen LogP contribution in [0.1, 0.15) is 66.7 Å². The fraction of sp³-hybridized carbons (Fsp3) is 0.895. The third-order valence-electron chi connectivity index (χ3n) is 4.54. The molecule has 26 heavy (non-hydrogen) atoms. The summed E-state index contributed by atoms with van der Waals surface area (Å²) in [4.78, 5) is 16.3. The average molecular weight is 371 g/mol. The van der Waals surface area contributed by atoms with Crippen LogP contribution in [-0.2, 0) is 4.74 Å². The third kappa shape index (κ3) is 8.74. The highest BCUT2D eigenvalue weighted by Crippen LogP contribution is 2.36. The molecule has 0 saturated heterocycles. The summed E-state index contributed by atoms with van der Waals surface area (Å²) in [6.07, 6.45) is 4.23. The van der Waals surface area contributed by atoms with Crippen molar-refractivity contribution in [1.82, 2.24) is 16.0 Å². The van der Waals surface area contributed by atoms with Gasteiger partial charge in [0.2, 0.25) is 0 Å². The lowest BCUT2D eigenvalue weighted by Gasteiger charge is -2.37. The van der Waals surface area contributed by atoms with E-state index in [1.165, 1.54) is 0 Å². The van der Waals surface area contributed by atoms with Crippen molar-refractivity contribution in [3.05, 3.63) is 0 Å². The molecule has 1 saturated carbocycles. The van der Waals surface area contributed by atoms with Gasteiger partial charge in [0.25, 0.3) is 0 Å².